The SMILES string of the molecule is CN1CCO[C@@H](CN(C)c2nc3cc(N)ccc3o2)C1.Cl. The highest BCUT2D eigenvalue weighted by Gasteiger charge is 2.21. The van der Waals surface area contributed by atoms with Gasteiger partial charge in [0.15, 0.2) is 5.58 Å². The van der Waals surface area contributed by atoms with Crippen LogP contribution in [0.15, 0.2) is 22.6 Å². The average Bonchev–Trinajstić information content (AvgIpc) is 2.81. The lowest BCUT2D eigenvalue weighted by Crippen LogP contribution is -2.45. The molecule has 1 aliphatic rings. The number of oxazole rings is 1. The van der Waals surface area contributed by atoms with E-state index in [1.165, 1.54) is 0 Å². The van der Waals surface area contributed by atoms with Gasteiger partial charge in [0.05, 0.1) is 12.7 Å². The Bertz CT molecular complexity index is 604. The molecule has 6 nitrogen and oxygen atoms in total. The number of anilines is 2. The van der Waals surface area contributed by atoms with Crippen LogP contribution in [0.5, 0.6) is 0 Å². The Morgan fingerprint density at radius 3 is 3.05 bits per heavy atom. The van der Waals surface area contributed by atoms with Crippen LogP contribution in [0.3, 0.4) is 0 Å². The molecule has 1 fully saturated rings. The summed E-state index contributed by atoms with van der Waals surface area (Å²) in [5, 5.41) is 0. The first-order chi connectivity index (χ1) is 9.61. The number of nitrogens with zero attached hydrogens (tertiary/aromatic N) is 3. The first-order valence-corrected chi connectivity index (χ1v) is 6.79. The van der Waals surface area contributed by atoms with E-state index in [-0.39, 0.29) is 18.5 Å². The minimum atomic E-state index is 0. The van der Waals surface area contributed by atoms with Crippen LogP contribution < -0.4 is 10.6 Å². The molecule has 116 valence electrons. The van der Waals surface area contributed by atoms with Gasteiger partial charge in [0.25, 0.3) is 6.01 Å². The van der Waals surface area contributed by atoms with Crippen LogP contribution in [0.2, 0.25) is 0 Å². The van der Waals surface area contributed by atoms with E-state index < -0.39 is 0 Å². The van der Waals surface area contributed by atoms with E-state index >= 15 is 0 Å². The molecule has 0 unspecified atom stereocenters. The molecule has 3 rings (SSSR count). The molecule has 2 heterocycles. The quantitative estimate of drug-likeness (QED) is 0.868. The van der Waals surface area contributed by atoms with Gasteiger partial charge < -0.3 is 24.7 Å². The molecule has 0 saturated carbocycles. The molecule has 0 bridgehead atoms. The molecule has 1 atom stereocenters. The topological polar surface area (TPSA) is 67.8 Å². The van der Waals surface area contributed by atoms with Crippen molar-refractivity contribution >= 4 is 35.2 Å². The number of benzene rings is 1. The standard InChI is InChI=1S/C14H20N4O2.ClH/c1-17-5-6-19-11(8-17)9-18(2)14-16-12-7-10(15)3-4-13(12)20-14;/h3-4,7,11H,5-6,8-9,15H2,1-2H3;1H/t11-;/m1./s1. The zero-order chi connectivity index (χ0) is 14.1. The van der Waals surface area contributed by atoms with Crippen molar-refractivity contribution in [1.82, 2.24) is 9.88 Å². The number of rotatable bonds is 3. The molecule has 1 aliphatic heterocycles. The third-order valence-corrected chi connectivity index (χ3v) is 3.55. The molecule has 0 amide bonds. The lowest BCUT2D eigenvalue weighted by atomic mass is 10.3. The number of ether oxygens (including phenoxy) is 1. The second-order valence-electron chi connectivity index (χ2n) is 5.36. The van der Waals surface area contributed by atoms with E-state index in [4.69, 9.17) is 14.9 Å². The average molecular weight is 313 g/mol. The molecule has 0 radical (unpaired) electrons. The first kappa shape index (κ1) is 15.9. The summed E-state index contributed by atoms with van der Waals surface area (Å²) in [6, 6.07) is 6.08. The largest absolute Gasteiger partial charge is 0.423 e. The number of morpholine rings is 1. The number of hydrogen-bond donors (Lipinski definition) is 1. The Balaban J connectivity index is 0.00000161. The molecule has 0 aliphatic carbocycles. The maximum Gasteiger partial charge on any atom is 0.298 e. The molecule has 1 aromatic carbocycles. The van der Waals surface area contributed by atoms with Gasteiger partial charge in [-0.15, -0.1) is 12.4 Å². The van der Waals surface area contributed by atoms with Crippen molar-refractivity contribution in [3.05, 3.63) is 18.2 Å². The summed E-state index contributed by atoms with van der Waals surface area (Å²) in [5.74, 6) is 0. The third-order valence-electron chi connectivity index (χ3n) is 3.55. The van der Waals surface area contributed by atoms with Crippen LogP contribution in [-0.4, -0.2) is 56.3 Å². The third kappa shape index (κ3) is 3.58. The predicted molar refractivity (Wildman–Crippen MR) is 86.2 cm³/mol. The van der Waals surface area contributed by atoms with Crippen LogP contribution in [0.1, 0.15) is 0 Å². The summed E-state index contributed by atoms with van der Waals surface area (Å²) < 4.78 is 11.5. The Hall–Kier alpha value is -1.50. The number of fused-ring (bicyclic) bond motifs is 1. The number of hydrogen-bond acceptors (Lipinski definition) is 6. The van der Waals surface area contributed by atoms with Gasteiger partial charge in [0.1, 0.15) is 5.52 Å². The van der Waals surface area contributed by atoms with Crippen LogP contribution in [0, 0.1) is 0 Å². The molecule has 2 N–H and O–H groups in total. The number of nitrogens with two attached hydrogens (primary N) is 1. The first-order valence-electron chi connectivity index (χ1n) is 6.79. The van der Waals surface area contributed by atoms with Crippen LogP contribution in [-0.2, 0) is 4.74 Å². The number of aromatic nitrogens is 1. The minimum absolute atomic E-state index is 0. The summed E-state index contributed by atoms with van der Waals surface area (Å²) in [7, 11) is 4.07. The fourth-order valence-electron chi connectivity index (χ4n) is 2.46. The van der Waals surface area contributed by atoms with E-state index in [1.807, 2.05) is 30.1 Å². The molecular weight excluding hydrogens is 292 g/mol. The summed E-state index contributed by atoms with van der Waals surface area (Å²) in [6.07, 6.45) is 0.179. The molecule has 2 aromatic rings. The second kappa shape index (κ2) is 6.51. The number of halogens is 1. The summed E-state index contributed by atoms with van der Waals surface area (Å²) in [4.78, 5) is 8.73. The Morgan fingerprint density at radius 1 is 1.48 bits per heavy atom. The second-order valence-corrected chi connectivity index (χ2v) is 5.36. The Labute approximate surface area is 130 Å². The fourth-order valence-corrected chi connectivity index (χ4v) is 2.46. The highest BCUT2D eigenvalue weighted by molar-refractivity contribution is 5.85. The molecule has 1 saturated heterocycles. The normalized spacial score (nSPS) is 19.4. The molecule has 1 aromatic heterocycles. The monoisotopic (exact) mass is 312 g/mol. The molecular formula is C14H21ClN4O2. The van der Waals surface area contributed by atoms with Gasteiger partial charge in [-0.05, 0) is 25.2 Å². The van der Waals surface area contributed by atoms with Crippen molar-refractivity contribution in [3.63, 3.8) is 0 Å². The van der Waals surface area contributed by atoms with Gasteiger partial charge in [-0.2, -0.15) is 4.98 Å². The maximum absolute atomic E-state index is 5.76. The molecule has 7 heteroatoms. The van der Waals surface area contributed by atoms with E-state index in [0.29, 0.717) is 11.7 Å². The Morgan fingerprint density at radius 2 is 2.29 bits per heavy atom. The number of nitrogen functional groups attached to an aromatic ring is 1. The van der Waals surface area contributed by atoms with Crippen molar-refractivity contribution in [2.75, 3.05) is 51.0 Å². The smallest absolute Gasteiger partial charge is 0.298 e. The van der Waals surface area contributed by atoms with Crippen molar-refractivity contribution in [1.29, 1.82) is 0 Å². The fraction of sp³-hybridized carbons (Fsp3) is 0.500. The van der Waals surface area contributed by atoms with Crippen LogP contribution >= 0.6 is 12.4 Å². The van der Waals surface area contributed by atoms with E-state index in [2.05, 4.69) is 16.9 Å². The zero-order valence-electron chi connectivity index (χ0n) is 12.3. The van der Waals surface area contributed by atoms with Crippen LogP contribution in [0.25, 0.3) is 11.1 Å². The summed E-state index contributed by atoms with van der Waals surface area (Å²) in [6.45, 7) is 3.45. The summed E-state index contributed by atoms with van der Waals surface area (Å²) >= 11 is 0. The summed E-state index contributed by atoms with van der Waals surface area (Å²) in [5.41, 5.74) is 7.98. The minimum Gasteiger partial charge on any atom is -0.423 e. The van der Waals surface area contributed by atoms with Gasteiger partial charge in [-0.1, -0.05) is 0 Å². The van der Waals surface area contributed by atoms with Crippen molar-refractivity contribution in [2.24, 2.45) is 0 Å². The van der Waals surface area contributed by atoms with Crippen molar-refractivity contribution in [2.45, 2.75) is 6.10 Å². The maximum atomic E-state index is 5.76. The van der Waals surface area contributed by atoms with Crippen LogP contribution in [0.4, 0.5) is 11.7 Å². The van der Waals surface area contributed by atoms with Gasteiger partial charge in [0, 0.05) is 32.4 Å². The van der Waals surface area contributed by atoms with Gasteiger partial charge in [0.2, 0.25) is 0 Å². The van der Waals surface area contributed by atoms with E-state index in [1.54, 1.807) is 0 Å². The van der Waals surface area contributed by atoms with Gasteiger partial charge >= 0.3 is 0 Å². The highest BCUT2D eigenvalue weighted by Crippen LogP contribution is 2.23. The van der Waals surface area contributed by atoms with Crippen molar-refractivity contribution in [3.8, 4) is 0 Å². The predicted octanol–water partition coefficient (Wildman–Crippen LogP) is 1.60. The van der Waals surface area contributed by atoms with Crippen molar-refractivity contribution < 1.29 is 9.15 Å². The molecule has 0 spiro atoms. The number of likely N-dealkylation sites (N-methyl/N-ethyl adjacent to an activating group) is 2. The van der Waals surface area contributed by atoms with Gasteiger partial charge in [-0.25, -0.2) is 0 Å². The lowest BCUT2D eigenvalue weighted by molar-refractivity contribution is -0.0146. The highest BCUT2D eigenvalue weighted by atomic mass is 35.5. The van der Waals surface area contributed by atoms with E-state index in [0.717, 1.165) is 37.3 Å². The zero-order valence-corrected chi connectivity index (χ0v) is 13.1. The Kier molecular flexibility index (Phi) is 4.92. The van der Waals surface area contributed by atoms with E-state index in [9.17, 15) is 0 Å². The van der Waals surface area contributed by atoms with Gasteiger partial charge in [-0.3, -0.25) is 0 Å². The lowest BCUT2D eigenvalue weighted by Gasteiger charge is -2.32. The molecule has 21 heavy (non-hydrogen) atoms.